The number of amides is 1. The zero-order valence-corrected chi connectivity index (χ0v) is 10.2. The van der Waals surface area contributed by atoms with Gasteiger partial charge in [0.05, 0.1) is 11.6 Å². The Morgan fingerprint density at radius 2 is 1.89 bits per heavy atom. The van der Waals surface area contributed by atoms with Crippen LogP contribution < -0.4 is 5.32 Å². The molecule has 0 saturated heterocycles. The fourth-order valence-corrected chi connectivity index (χ4v) is 1.69. The third-order valence-electron chi connectivity index (χ3n) is 2.74. The molecule has 98 valence electrons. The highest BCUT2D eigenvalue weighted by Gasteiger charge is 2.18. The first-order valence-corrected chi connectivity index (χ1v) is 5.75. The number of pyridine rings is 1. The predicted octanol–water partition coefficient (Wildman–Crippen LogP) is 2.85. The molecule has 0 aliphatic rings. The van der Waals surface area contributed by atoms with Gasteiger partial charge in [0.25, 0.3) is 5.91 Å². The van der Waals surface area contributed by atoms with E-state index in [-0.39, 0.29) is 11.6 Å². The number of carbonyl (C=O) groups excluding carboxylic acids is 1. The molecule has 1 N–H and O–H groups in total. The summed E-state index contributed by atoms with van der Waals surface area (Å²) < 4.78 is 26.3. The van der Waals surface area contributed by atoms with Crippen molar-refractivity contribution in [3.05, 3.63) is 65.5 Å². The summed E-state index contributed by atoms with van der Waals surface area (Å²) in [6.45, 7) is 1.77. The third kappa shape index (κ3) is 2.93. The second kappa shape index (κ2) is 5.56. The Kier molecular flexibility index (Phi) is 3.85. The second-order valence-corrected chi connectivity index (χ2v) is 4.07. The molecule has 19 heavy (non-hydrogen) atoms. The van der Waals surface area contributed by atoms with Crippen LogP contribution in [0.15, 0.2) is 42.6 Å². The summed E-state index contributed by atoms with van der Waals surface area (Å²) >= 11 is 0. The Morgan fingerprint density at radius 1 is 1.21 bits per heavy atom. The Morgan fingerprint density at radius 3 is 2.58 bits per heavy atom. The van der Waals surface area contributed by atoms with E-state index in [1.165, 1.54) is 0 Å². The first-order chi connectivity index (χ1) is 9.09. The number of nitrogens with zero attached hydrogens (tertiary/aromatic N) is 1. The Bertz CT molecular complexity index is 587. The average molecular weight is 262 g/mol. The summed E-state index contributed by atoms with van der Waals surface area (Å²) in [5, 5.41) is 2.61. The summed E-state index contributed by atoms with van der Waals surface area (Å²) in [6, 6.07) is 10.1. The molecule has 0 saturated carbocycles. The lowest BCUT2D eigenvalue weighted by Crippen LogP contribution is -2.27. The molecule has 0 aliphatic carbocycles. The zero-order chi connectivity index (χ0) is 13.8. The number of nitrogens with one attached hydrogen (secondary N) is 1. The van der Waals surface area contributed by atoms with Gasteiger partial charge in [-0.15, -0.1) is 0 Å². The molecule has 0 bridgehead atoms. The highest BCUT2D eigenvalue weighted by molar-refractivity contribution is 5.94. The summed E-state index contributed by atoms with van der Waals surface area (Å²) in [6.07, 6.45) is 1.06. The van der Waals surface area contributed by atoms with Crippen molar-refractivity contribution in [2.45, 2.75) is 13.0 Å². The van der Waals surface area contributed by atoms with E-state index in [1.54, 1.807) is 6.92 Å². The lowest BCUT2D eigenvalue weighted by atomic mass is 10.1. The molecule has 0 fully saturated rings. The maximum absolute atomic E-state index is 13.4. The quantitative estimate of drug-likeness (QED) is 0.864. The molecule has 2 rings (SSSR count). The van der Waals surface area contributed by atoms with E-state index in [2.05, 4.69) is 10.3 Å². The molecule has 0 aliphatic heterocycles. The van der Waals surface area contributed by atoms with Crippen LogP contribution in [0.25, 0.3) is 0 Å². The van der Waals surface area contributed by atoms with Gasteiger partial charge in [-0.05, 0) is 18.6 Å². The number of aromatic nitrogens is 1. The maximum atomic E-state index is 13.4. The summed E-state index contributed by atoms with van der Waals surface area (Å²) in [5.74, 6) is -3.18. The highest BCUT2D eigenvalue weighted by Crippen LogP contribution is 2.14. The Hall–Kier alpha value is -2.30. The van der Waals surface area contributed by atoms with Gasteiger partial charge in [0, 0.05) is 6.20 Å². The molecular formula is C14H12F2N2O. The first-order valence-electron chi connectivity index (χ1n) is 5.75. The van der Waals surface area contributed by atoms with Crippen molar-refractivity contribution in [1.29, 1.82) is 0 Å². The molecule has 1 atom stereocenters. The number of halogens is 2. The monoisotopic (exact) mass is 262 g/mol. The smallest absolute Gasteiger partial charge is 0.254 e. The number of hydrogen-bond donors (Lipinski definition) is 1. The first kappa shape index (κ1) is 13.1. The van der Waals surface area contributed by atoms with Crippen LogP contribution in [0.1, 0.15) is 28.9 Å². The highest BCUT2D eigenvalue weighted by atomic mass is 19.2. The van der Waals surface area contributed by atoms with Gasteiger partial charge in [-0.1, -0.05) is 30.3 Å². The lowest BCUT2D eigenvalue weighted by Gasteiger charge is -2.14. The minimum Gasteiger partial charge on any atom is -0.345 e. The van der Waals surface area contributed by atoms with Gasteiger partial charge >= 0.3 is 0 Å². The van der Waals surface area contributed by atoms with Crippen LogP contribution in [0, 0.1) is 11.8 Å². The van der Waals surface area contributed by atoms with Gasteiger partial charge in [-0.25, -0.2) is 9.37 Å². The van der Waals surface area contributed by atoms with Crippen LogP contribution in [0.3, 0.4) is 0 Å². The number of hydrogen-bond acceptors (Lipinski definition) is 2. The van der Waals surface area contributed by atoms with E-state index in [0.29, 0.717) is 0 Å². The molecule has 1 aromatic heterocycles. The van der Waals surface area contributed by atoms with Crippen LogP contribution in [0.2, 0.25) is 0 Å². The van der Waals surface area contributed by atoms with E-state index >= 15 is 0 Å². The molecule has 3 nitrogen and oxygen atoms in total. The van der Waals surface area contributed by atoms with E-state index in [1.807, 2.05) is 30.3 Å². The number of benzene rings is 1. The van der Waals surface area contributed by atoms with Gasteiger partial charge < -0.3 is 5.32 Å². The van der Waals surface area contributed by atoms with Crippen LogP contribution in [0.4, 0.5) is 8.78 Å². The standard InChI is InChI=1S/C14H12F2N2O/c1-9(10-5-3-2-4-6-10)18-14(19)11-7-8-17-13(16)12(11)15/h2-9H,1H3,(H,18,19)/t9-/m0/s1. The Labute approximate surface area is 109 Å². The largest absolute Gasteiger partial charge is 0.345 e. The topological polar surface area (TPSA) is 42.0 Å². The van der Waals surface area contributed by atoms with Crippen LogP contribution >= 0.6 is 0 Å². The van der Waals surface area contributed by atoms with Crippen LogP contribution in [-0.4, -0.2) is 10.9 Å². The van der Waals surface area contributed by atoms with Crippen LogP contribution in [-0.2, 0) is 0 Å². The minimum atomic E-state index is -1.28. The molecule has 0 spiro atoms. The van der Waals surface area contributed by atoms with E-state index in [0.717, 1.165) is 17.8 Å². The van der Waals surface area contributed by atoms with Crippen molar-refractivity contribution in [3.63, 3.8) is 0 Å². The van der Waals surface area contributed by atoms with Gasteiger partial charge in [0.1, 0.15) is 0 Å². The molecular weight excluding hydrogens is 250 g/mol. The lowest BCUT2D eigenvalue weighted by molar-refractivity contribution is 0.0934. The minimum absolute atomic E-state index is 0.302. The van der Waals surface area contributed by atoms with Crippen molar-refractivity contribution in [1.82, 2.24) is 10.3 Å². The third-order valence-corrected chi connectivity index (χ3v) is 2.74. The zero-order valence-electron chi connectivity index (χ0n) is 10.2. The van der Waals surface area contributed by atoms with Crippen LogP contribution in [0.5, 0.6) is 0 Å². The van der Waals surface area contributed by atoms with E-state index in [9.17, 15) is 13.6 Å². The molecule has 1 heterocycles. The predicted molar refractivity (Wildman–Crippen MR) is 66.5 cm³/mol. The van der Waals surface area contributed by atoms with Crippen molar-refractivity contribution in [2.75, 3.05) is 0 Å². The summed E-state index contributed by atoms with van der Waals surface area (Å²) in [7, 11) is 0. The van der Waals surface area contributed by atoms with Crippen molar-refractivity contribution >= 4 is 5.91 Å². The molecule has 0 unspecified atom stereocenters. The van der Waals surface area contributed by atoms with Crippen molar-refractivity contribution in [2.24, 2.45) is 0 Å². The summed E-state index contributed by atoms with van der Waals surface area (Å²) in [5.41, 5.74) is 0.529. The van der Waals surface area contributed by atoms with E-state index < -0.39 is 17.7 Å². The normalized spacial score (nSPS) is 11.9. The molecule has 2 aromatic rings. The number of rotatable bonds is 3. The van der Waals surface area contributed by atoms with Gasteiger partial charge in [0.15, 0.2) is 5.82 Å². The fraction of sp³-hybridized carbons (Fsp3) is 0.143. The average Bonchev–Trinajstić information content (AvgIpc) is 2.42. The van der Waals surface area contributed by atoms with Gasteiger partial charge in [-0.3, -0.25) is 4.79 Å². The fourth-order valence-electron chi connectivity index (χ4n) is 1.69. The SMILES string of the molecule is C[C@H](NC(=O)c1ccnc(F)c1F)c1ccccc1. The molecule has 1 amide bonds. The van der Waals surface area contributed by atoms with Gasteiger partial charge in [0.2, 0.25) is 5.95 Å². The molecule has 0 radical (unpaired) electrons. The van der Waals surface area contributed by atoms with Gasteiger partial charge in [-0.2, -0.15) is 4.39 Å². The molecule has 5 heteroatoms. The maximum Gasteiger partial charge on any atom is 0.254 e. The second-order valence-electron chi connectivity index (χ2n) is 4.07. The number of carbonyl (C=O) groups is 1. The Balaban J connectivity index is 2.16. The molecule has 1 aromatic carbocycles. The summed E-state index contributed by atoms with van der Waals surface area (Å²) in [4.78, 5) is 15.0. The van der Waals surface area contributed by atoms with Crippen molar-refractivity contribution in [3.8, 4) is 0 Å². The van der Waals surface area contributed by atoms with E-state index in [4.69, 9.17) is 0 Å². The van der Waals surface area contributed by atoms with Crippen molar-refractivity contribution < 1.29 is 13.6 Å².